The molecule has 0 bridgehead atoms. The molecule has 1 saturated heterocycles. The Morgan fingerprint density at radius 3 is 2.80 bits per heavy atom. The van der Waals surface area contributed by atoms with Gasteiger partial charge in [-0.25, -0.2) is 9.97 Å². The third-order valence-corrected chi connectivity index (χ3v) is 4.68. The lowest BCUT2D eigenvalue weighted by molar-refractivity contribution is 0.226. The van der Waals surface area contributed by atoms with Crippen molar-refractivity contribution < 1.29 is 0 Å². The fourth-order valence-electron chi connectivity index (χ4n) is 3.21. The van der Waals surface area contributed by atoms with Gasteiger partial charge in [-0.05, 0) is 51.8 Å². The van der Waals surface area contributed by atoms with Gasteiger partial charge < -0.3 is 10.2 Å². The largest absolute Gasteiger partial charge is 0.350 e. The van der Waals surface area contributed by atoms with Crippen LogP contribution in [0.5, 0.6) is 0 Å². The molecule has 0 amide bonds. The van der Waals surface area contributed by atoms with Crippen LogP contribution < -0.4 is 5.32 Å². The van der Waals surface area contributed by atoms with Gasteiger partial charge in [0, 0.05) is 29.9 Å². The number of piperidine rings is 1. The second-order valence-corrected chi connectivity index (χ2v) is 6.26. The van der Waals surface area contributed by atoms with Gasteiger partial charge in [0.2, 0.25) is 5.95 Å². The molecule has 2 heterocycles. The Bertz CT molecular complexity index is 456. The van der Waals surface area contributed by atoms with Crippen molar-refractivity contribution in [2.75, 3.05) is 25.0 Å². The summed E-state index contributed by atoms with van der Waals surface area (Å²) in [7, 11) is 0. The topological polar surface area (TPSA) is 41.0 Å². The molecule has 1 aliphatic heterocycles. The predicted octanol–water partition coefficient (Wildman–Crippen LogP) is 2.95. The average molecular weight is 274 g/mol. The fraction of sp³-hybridized carbons (Fsp3) is 0.750. The SMILES string of the molecule is CCN1CCC[C@H](Nc2nc(C)cc(C3CCC3)n2)C1. The third kappa shape index (κ3) is 3.11. The number of hydrogen-bond acceptors (Lipinski definition) is 4. The summed E-state index contributed by atoms with van der Waals surface area (Å²) in [6.07, 6.45) is 6.44. The molecular formula is C16H26N4. The Morgan fingerprint density at radius 1 is 1.25 bits per heavy atom. The van der Waals surface area contributed by atoms with Gasteiger partial charge >= 0.3 is 0 Å². The van der Waals surface area contributed by atoms with Gasteiger partial charge in [-0.2, -0.15) is 0 Å². The van der Waals surface area contributed by atoms with Crippen LogP contribution in [0.15, 0.2) is 6.07 Å². The van der Waals surface area contributed by atoms with Gasteiger partial charge in [-0.1, -0.05) is 13.3 Å². The van der Waals surface area contributed by atoms with Crippen molar-refractivity contribution in [1.82, 2.24) is 14.9 Å². The van der Waals surface area contributed by atoms with Crippen molar-refractivity contribution in [2.24, 2.45) is 0 Å². The first-order valence-electron chi connectivity index (χ1n) is 8.09. The zero-order chi connectivity index (χ0) is 13.9. The maximum Gasteiger partial charge on any atom is 0.223 e. The van der Waals surface area contributed by atoms with E-state index in [-0.39, 0.29) is 0 Å². The molecule has 110 valence electrons. The van der Waals surface area contributed by atoms with E-state index in [1.165, 1.54) is 44.3 Å². The molecule has 1 saturated carbocycles. The Labute approximate surface area is 122 Å². The molecular weight excluding hydrogens is 248 g/mol. The van der Waals surface area contributed by atoms with E-state index in [0.29, 0.717) is 12.0 Å². The fourth-order valence-corrected chi connectivity index (χ4v) is 3.21. The summed E-state index contributed by atoms with van der Waals surface area (Å²) < 4.78 is 0. The normalized spacial score (nSPS) is 24.4. The van der Waals surface area contributed by atoms with E-state index < -0.39 is 0 Å². The summed E-state index contributed by atoms with van der Waals surface area (Å²) in [6, 6.07) is 2.66. The monoisotopic (exact) mass is 274 g/mol. The maximum atomic E-state index is 4.76. The highest BCUT2D eigenvalue weighted by Crippen LogP contribution is 2.35. The van der Waals surface area contributed by atoms with Crippen LogP contribution in [0.4, 0.5) is 5.95 Å². The van der Waals surface area contributed by atoms with Gasteiger partial charge in [0.05, 0.1) is 0 Å². The van der Waals surface area contributed by atoms with Crippen molar-refractivity contribution in [2.45, 2.75) is 57.9 Å². The van der Waals surface area contributed by atoms with Crippen LogP contribution in [-0.4, -0.2) is 40.5 Å². The lowest BCUT2D eigenvalue weighted by atomic mass is 9.83. The number of rotatable bonds is 4. The quantitative estimate of drug-likeness (QED) is 0.916. The number of aromatic nitrogens is 2. The van der Waals surface area contributed by atoms with Crippen molar-refractivity contribution in [3.8, 4) is 0 Å². The summed E-state index contributed by atoms with van der Waals surface area (Å²) >= 11 is 0. The molecule has 4 nitrogen and oxygen atoms in total. The summed E-state index contributed by atoms with van der Waals surface area (Å²) in [5, 5.41) is 3.57. The average Bonchev–Trinajstić information content (AvgIpc) is 2.36. The number of hydrogen-bond donors (Lipinski definition) is 1. The summed E-state index contributed by atoms with van der Waals surface area (Å²) in [5.74, 6) is 1.52. The summed E-state index contributed by atoms with van der Waals surface area (Å²) in [4.78, 5) is 11.8. The number of aryl methyl sites for hydroxylation is 1. The number of nitrogens with zero attached hydrogens (tertiary/aromatic N) is 3. The second-order valence-electron chi connectivity index (χ2n) is 6.26. The molecule has 0 spiro atoms. The molecule has 20 heavy (non-hydrogen) atoms. The van der Waals surface area contributed by atoms with Crippen molar-refractivity contribution >= 4 is 5.95 Å². The molecule has 1 aliphatic carbocycles. The molecule has 1 atom stereocenters. The number of anilines is 1. The summed E-state index contributed by atoms with van der Waals surface area (Å²) in [6.45, 7) is 7.80. The molecule has 2 aliphatic rings. The van der Waals surface area contributed by atoms with Crippen LogP contribution in [0, 0.1) is 6.92 Å². The van der Waals surface area contributed by atoms with E-state index in [4.69, 9.17) is 4.98 Å². The standard InChI is InChI=1S/C16H26N4/c1-3-20-9-5-8-14(11-20)18-16-17-12(2)10-15(19-16)13-6-4-7-13/h10,13-14H,3-9,11H2,1-2H3,(H,17,18,19)/t14-/m0/s1. The van der Waals surface area contributed by atoms with E-state index in [1.54, 1.807) is 0 Å². The Hall–Kier alpha value is -1.16. The van der Waals surface area contributed by atoms with Crippen LogP contribution >= 0.6 is 0 Å². The predicted molar refractivity (Wildman–Crippen MR) is 82.1 cm³/mol. The number of nitrogens with one attached hydrogen (secondary N) is 1. The Morgan fingerprint density at radius 2 is 2.10 bits per heavy atom. The van der Waals surface area contributed by atoms with Gasteiger partial charge in [-0.15, -0.1) is 0 Å². The molecule has 1 aromatic rings. The van der Waals surface area contributed by atoms with Crippen LogP contribution in [-0.2, 0) is 0 Å². The van der Waals surface area contributed by atoms with E-state index in [9.17, 15) is 0 Å². The molecule has 4 heteroatoms. The molecule has 1 aromatic heterocycles. The Kier molecular flexibility index (Phi) is 4.20. The highest BCUT2D eigenvalue weighted by Gasteiger charge is 2.23. The summed E-state index contributed by atoms with van der Waals surface area (Å²) in [5.41, 5.74) is 2.34. The lowest BCUT2D eigenvalue weighted by Gasteiger charge is -2.32. The molecule has 0 aromatic carbocycles. The highest BCUT2D eigenvalue weighted by molar-refractivity contribution is 5.31. The maximum absolute atomic E-state index is 4.76. The van der Waals surface area contributed by atoms with Gasteiger partial charge in [0.1, 0.15) is 0 Å². The number of likely N-dealkylation sites (N-methyl/N-ethyl adjacent to an activating group) is 1. The first kappa shape index (κ1) is 13.8. The van der Waals surface area contributed by atoms with Crippen LogP contribution in [0.25, 0.3) is 0 Å². The minimum Gasteiger partial charge on any atom is -0.350 e. The van der Waals surface area contributed by atoms with Gasteiger partial charge in [0.25, 0.3) is 0 Å². The molecule has 1 N–H and O–H groups in total. The highest BCUT2D eigenvalue weighted by atomic mass is 15.2. The van der Waals surface area contributed by atoms with Crippen molar-refractivity contribution in [1.29, 1.82) is 0 Å². The number of likely N-dealkylation sites (tertiary alicyclic amines) is 1. The first-order valence-corrected chi connectivity index (χ1v) is 8.09. The van der Waals surface area contributed by atoms with E-state index >= 15 is 0 Å². The van der Waals surface area contributed by atoms with Crippen LogP contribution in [0.1, 0.15) is 56.3 Å². The van der Waals surface area contributed by atoms with E-state index in [2.05, 4.69) is 35.1 Å². The molecule has 2 fully saturated rings. The molecule has 0 unspecified atom stereocenters. The molecule has 3 rings (SSSR count). The minimum absolute atomic E-state index is 0.500. The van der Waals surface area contributed by atoms with Crippen molar-refractivity contribution in [3.05, 3.63) is 17.5 Å². The minimum atomic E-state index is 0.500. The van der Waals surface area contributed by atoms with Crippen LogP contribution in [0.3, 0.4) is 0 Å². The lowest BCUT2D eigenvalue weighted by Crippen LogP contribution is -2.42. The van der Waals surface area contributed by atoms with E-state index in [1.807, 2.05) is 0 Å². The van der Waals surface area contributed by atoms with E-state index in [0.717, 1.165) is 24.7 Å². The van der Waals surface area contributed by atoms with Gasteiger partial charge in [0.15, 0.2) is 0 Å². The Balaban J connectivity index is 1.68. The zero-order valence-electron chi connectivity index (χ0n) is 12.7. The van der Waals surface area contributed by atoms with Gasteiger partial charge in [-0.3, -0.25) is 0 Å². The first-order chi connectivity index (χ1) is 9.74. The van der Waals surface area contributed by atoms with Crippen LogP contribution in [0.2, 0.25) is 0 Å². The zero-order valence-corrected chi connectivity index (χ0v) is 12.7. The third-order valence-electron chi connectivity index (χ3n) is 4.68. The molecule has 0 radical (unpaired) electrons. The van der Waals surface area contributed by atoms with Crippen molar-refractivity contribution in [3.63, 3.8) is 0 Å². The smallest absolute Gasteiger partial charge is 0.223 e. The second kappa shape index (κ2) is 6.08.